The van der Waals surface area contributed by atoms with Gasteiger partial charge < -0.3 is 0 Å². The summed E-state index contributed by atoms with van der Waals surface area (Å²) in [6.45, 7) is 5.86. The van der Waals surface area contributed by atoms with Crippen molar-refractivity contribution in [3.63, 3.8) is 0 Å². The van der Waals surface area contributed by atoms with Crippen molar-refractivity contribution >= 4 is 10.8 Å². The zero-order chi connectivity index (χ0) is 20.9. The van der Waals surface area contributed by atoms with E-state index in [1.165, 1.54) is 37.7 Å². The van der Waals surface area contributed by atoms with Crippen LogP contribution in [0.4, 0.5) is 4.39 Å². The van der Waals surface area contributed by atoms with Crippen molar-refractivity contribution in [1.82, 2.24) is 0 Å². The summed E-state index contributed by atoms with van der Waals surface area (Å²) in [5.74, 6) is 7.46. The molecule has 30 heavy (non-hydrogen) atoms. The van der Waals surface area contributed by atoms with Crippen molar-refractivity contribution in [3.8, 4) is 11.8 Å². The van der Waals surface area contributed by atoms with Crippen molar-refractivity contribution < 1.29 is 4.39 Å². The van der Waals surface area contributed by atoms with Gasteiger partial charge in [0.05, 0.1) is 5.56 Å². The Morgan fingerprint density at radius 3 is 2.47 bits per heavy atom. The molecule has 1 fully saturated rings. The SMILES string of the molecule is C=CCCC1CCC(c2ccc(C#Cc3ccc4cc(C)ccc4c3F)cc2)CC1. The summed E-state index contributed by atoms with van der Waals surface area (Å²) >= 11 is 0. The Bertz CT molecular complexity index is 1090. The highest BCUT2D eigenvalue weighted by atomic mass is 19.1. The molecule has 1 aliphatic carbocycles. The molecule has 1 aliphatic rings. The highest BCUT2D eigenvalue weighted by Crippen LogP contribution is 2.37. The van der Waals surface area contributed by atoms with Gasteiger partial charge in [0.1, 0.15) is 5.82 Å². The minimum atomic E-state index is -0.232. The van der Waals surface area contributed by atoms with E-state index in [1.54, 1.807) is 6.07 Å². The van der Waals surface area contributed by atoms with E-state index < -0.39 is 0 Å². The molecule has 1 heteroatoms. The molecule has 0 amide bonds. The molecule has 0 radical (unpaired) electrons. The minimum Gasteiger partial charge on any atom is -0.205 e. The molecule has 3 aromatic carbocycles. The van der Waals surface area contributed by atoms with Crippen LogP contribution in [0.3, 0.4) is 0 Å². The summed E-state index contributed by atoms with van der Waals surface area (Å²) in [4.78, 5) is 0. The van der Waals surface area contributed by atoms with Crippen LogP contribution < -0.4 is 0 Å². The van der Waals surface area contributed by atoms with Crippen LogP contribution in [0.1, 0.15) is 66.7 Å². The fourth-order valence-electron chi connectivity index (χ4n) is 4.62. The first-order valence-corrected chi connectivity index (χ1v) is 11.1. The maximum Gasteiger partial charge on any atom is 0.146 e. The first-order chi connectivity index (χ1) is 14.6. The van der Waals surface area contributed by atoms with E-state index in [0.717, 1.165) is 28.9 Å². The molecule has 0 saturated heterocycles. The molecule has 0 bridgehead atoms. The van der Waals surface area contributed by atoms with Crippen LogP contribution in [-0.4, -0.2) is 0 Å². The van der Waals surface area contributed by atoms with Gasteiger partial charge in [0, 0.05) is 10.9 Å². The Morgan fingerprint density at radius 1 is 0.967 bits per heavy atom. The second kappa shape index (κ2) is 9.31. The number of hydrogen-bond acceptors (Lipinski definition) is 0. The predicted molar refractivity (Wildman–Crippen MR) is 125 cm³/mol. The molecule has 0 N–H and O–H groups in total. The number of fused-ring (bicyclic) bond motifs is 1. The van der Waals surface area contributed by atoms with Crippen LogP contribution in [0.5, 0.6) is 0 Å². The lowest BCUT2D eigenvalue weighted by Gasteiger charge is -2.28. The van der Waals surface area contributed by atoms with Crippen LogP contribution in [0.25, 0.3) is 10.8 Å². The quantitative estimate of drug-likeness (QED) is 0.310. The van der Waals surface area contributed by atoms with E-state index in [0.29, 0.717) is 16.9 Å². The lowest BCUT2D eigenvalue weighted by Crippen LogP contribution is -2.13. The van der Waals surface area contributed by atoms with Crippen molar-refractivity contribution in [2.75, 3.05) is 0 Å². The van der Waals surface area contributed by atoms with Gasteiger partial charge in [0.25, 0.3) is 0 Å². The first-order valence-electron chi connectivity index (χ1n) is 11.1. The topological polar surface area (TPSA) is 0 Å². The average Bonchev–Trinajstić information content (AvgIpc) is 2.78. The lowest BCUT2D eigenvalue weighted by molar-refractivity contribution is 0.312. The van der Waals surface area contributed by atoms with Crippen LogP contribution in [0, 0.1) is 30.5 Å². The molecule has 0 atom stereocenters. The van der Waals surface area contributed by atoms with E-state index >= 15 is 0 Å². The van der Waals surface area contributed by atoms with E-state index in [-0.39, 0.29) is 5.82 Å². The zero-order valence-corrected chi connectivity index (χ0v) is 17.8. The maximum atomic E-state index is 14.8. The number of aryl methyl sites for hydroxylation is 1. The summed E-state index contributed by atoms with van der Waals surface area (Å²) in [7, 11) is 0. The highest BCUT2D eigenvalue weighted by Gasteiger charge is 2.21. The van der Waals surface area contributed by atoms with Crippen LogP contribution in [-0.2, 0) is 0 Å². The van der Waals surface area contributed by atoms with Gasteiger partial charge in [-0.15, -0.1) is 6.58 Å². The monoisotopic (exact) mass is 396 g/mol. The van der Waals surface area contributed by atoms with E-state index in [4.69, 9.17) is 0 Å². The van der Waals surface area contributed by atoms with Gasteiger partial charge in [-0.05, 0) is 86.4 Å². The smallest absolute Gasteiger partial charge is 0.146 e. The Hall–Kier alpha value is -2.85. The average molecular weight is 397 g/mol. The molecular weight excluding hydrogens is 367 g/mol. The van der Waals surface area contributed by atoms with Gasteiger partial charge in [-0.1, -0.05) is 59.9 Å². The molecule has 4 rings (SSSR count). The number of benzene rings is 3. The largest absolute Gasteiger partial charge is 0.205 e. The minimum absolute atomic E-state index is 0.232. The summed E-state index contributed by atoms with van der Waals surface area (Å²) in [5, 5.41) is 1.55. The van der Waals surface area contributed by atoms with E-state index in [1.807, 2.05) is 37.3 Å². The standard InChI is InChI=1S/C29H29F/c1-3-4-5-22-7-12-24(13-8-22)25-14-9-23(10-15-25)11-16-26-17-18-27-20-21(2)6-19-28(27)29(26)30/h3,6,9-10,14-15,17-20,22,24H,1,4-5,7-8,12-13H2,2H3. The van der Waals surface area contributed by atoms with Gasteiger partial charge in [-0.3, -0.25) is 0 Å². The second-order valence-electron chi connectivity index (χ2n) is 8.61. The summed E-state index contributed by atoms with van der Waals surface area (Å²) in [5.41, 5.74) is 3.93. The zero-order valence-electron chi connectivity index (χ0n) is 17.8. The molecule has 0 nitrogen and oxygen atoms in total. The molecule has 0 aliphatic heterocycles. The second-order valence-corrected chi connectivity index (χ2v) is 8.61. The van der Waals surface area contributed by atoms with Crippen LogP contribution in [0.15, 0.2) is 67.3 Å². The van der Waals surface area contributed by atoms with E-state index in [9.17, 15) is 4.39 Å². The van der Waals surface area contributed by atoms with Crippen molar-refractivity contribution in [2.45, 2.75) is 51.4 Å². The number of halogens is 1. The number of rotatable bonds is 4. The summed E-state index contributed by atoms with van der Waals surface area (Å²) in [6.07, 6.45) is 9.65. The third-order valence-electron chi connectivity index (χ3n) is 6.46. The Labute approximate surface area is 179 Å². The van der Waals surface area contributed by atoms with Gasteiger partial charge in [0.2, 0.25) is 0 Å². The van der Waals surface area contributed by atoms with Gasteiger partial charge in [-0.25, -0.2) is 4.39 Å². The number of hydrogen-bond donors (Lipinski definition) is 0. The fraction of sp³-hybridized carbons (Fsp3) is 0.310. The van der Waals surface area contributed by atoms with E-state index in [2.05, 4.69) is 42.7 Å². The third-order valence-corrected chi connectivity index (χ3v) is 6.46. The predicted octanol–water partition coefficient (Wildman–Crippen LogP) is 7.93. The Morgan fingerprint density at radius 2 is 1.73 bits per heavy atom. The molecule has 3 aromatic rings. The van der Waals surface area contributed by atoms with Gasteiger partial charge in [0.15, 0.2) is 0 Å². The Kier molecular flexibility index (Phi) is 6.34. The molecular formula is C29H29F. The molecule has 0 aromatic heterocycles. The lowest BCUT2D eigenvalue weighted by atomic mass is 9.77. The third kappa shape index (κ3) is 4.65. The summed E-state index contributed by atoms with van der Waals surface area (Å²) in [6, 6.07) is 18.1. The Balaban J connectivity index is 1.44. The highest BCUT2D eigenvalue weighted by molar-refractivity contribution is 5.85. The van der Waals surface area contributed by atoms with Gasteiger partial charge >= 0.3 is 0 Å². The van der Waals surface area contributed by atoms with Crippen molar-refractivity contribution in [2.24, 2.45) is 5.92 Å². The van der Waals surface area contributed by atoms with Gasteiger partial charge in [-0.2, -0.15) is 0 Å². The molecule has 152 valence electrons. The molecule has 0 unspecified atom stereocenters. The number of allylic oxidation sites excluding steroid dienone is 1. The van der Waals surface area contributed by atoms with Crippen LogP contribution in [0.2, 0.25) is 0 Å². The molecule has 1 saturated carbocycles. The maximum absolute atomic E-state index is 14.8. The fourth-order valence-corrected chi connectivity index (χ4v) is 4.62. The summed E-state index contributed by atoms with van der Waals surface area (Å²) < 4.78 is 14.8. The van der Waals surface area contributed by atoms with Crippen LogP contribution >= 0.6 is 0 Å². The van der Waals surface area contributed by atoms with Crippen molar-refractivity contribution in [1.29, 1.82) is 0 Å². The van der Waals surface area contributed by atoms with Crippen molar-refractivity contribution in [3.05, 3.63) is 95.3 Å². The normalized spacial score (nSPS) is 18.6. The molecule has 0 heterocycles. The first kappa shape index (κ1) is 20.4. The molecule has 0 spiro atoms.